The minimum atomic E-state index is -0.520. The molecule has 130 valence electrons. The number of hydrogen-bond acceptors (Lipinski definition) is 7. The monoisotopic (exact) mass is 318 g/mol. The number of nitrogens with one attached hydrogen (secondary N) is 4. The van der Waals surface area contributed by atoms with Crippen LogP contribution in [0.3, 0.4) is 0 Å². The Balaban J connectivity index is 1.81. The number of aliphatic hydroxyl groups excluding tert-OH is 1. The van der Waals surface area contributed by atoms with Crippen LogP contribution in [-0.4, -0.2) is 113 Å². The Kier molecular flexibility index (Phi) is 6.70. The van der Waals surface area contributed by atoms with Crippen molar-refractivity contribution in [2.75, 3.05) is 91.6 Å². The van der Waals surface area contributed by atoms with Crippen LogP contribution in [0, 0.1) is 0 Å². The minimum Gasteiger partial charge on any atom is -0.390 e. The van der Waals surface area contributed by atoms with Gasteiger partial charge in [0.05, 0.1) is 6.10 Å². The zero-order valence-electron chi connectivity index (χ0n) is 17.6. The number of rotatable bonds is 4. The van der Waals surface area contributed by atoms with E-state index in [0.717, 1.165) is 26.2 Å². The smallest absolute Gasteiger partial charge is 0.122 e. The lowest BCUT2D eigenvalue weighted by atomic mass is 10.2. The minimum absolute atomic E-state index is 0.520. The summed E-state index contributed by atoms with van der Waals surface area (Å²) in [6.45, 7) is 8.66. The van der Waals surface area contributed by atoms with Gasteiger partial charge in [-0.15, -0.1) is 0 Å². The highest BCUT2D eigenvalue weighted by Gasteiger charge is 2.16. The standard InChI is InChI=1S/C15H34N6O/c22-15(13-20-9-5-16-1-2-17-6-10-20)14-21-11-7-18-3-4-19-8-12-21/h15-19,22H,1-14H2/i/hD4. The summed E-state index contributed by atoms with van der Waals surface area (Å²) in [5.74, 6) is 0. The molecule has 2 heterocycles. The molecule has 7 heteroatoms. The van der Waals surface area contributed by atoms with E-state index in [1.54, 1.807) is 0 Å². The zero-order valence-corrected chi connectivity index (χ0v) is 13.6. The SMILES string of the molecule is [2H]N1CCN([2H])CCN(CC(O)CN2CCN([2H])CCN([2H])CC2)CC1. The highest BCUT2D eigenvalue weighted by atomic mass is 16.3. The van der Waals surface area contributed by atoms with Crippen molar-refractivity contribution < 1.29 is 10.8 Å². The Bertz CT molecular complexity index is 337. The first-order chi connectivity index (χ1) is 12.4. The van der Waals surface area contributed by atoms with Crippen LogP contribution in [0.25, 0.3) is 0 Å². The summed E-state index contributed by atoms with van der Waals surface area (Å²) in [7, 11) is 0. The molecule has 0 aromatic heterocycles. The fourth-order valence-electron chi connectivity index (χ4n) is 2.82. The third-order valence-electron chi connectivity index (χ3n) is 4.07. The van der Waals surface area contributed by atoms with Gasteiger partial charge in [0.15, 0.2) is 0 Å². The van der Waals surface area contributed by atoms with Crippen molar-refractivity contribution in [2.45, 2.75) is 6.10 Å². The second kappa shape index (κ2) is 11.3. The quantitative estimate of drug-likeness (QED) is 0.387. The summed E-state index contributed by atoms with van der Waals surface area (Å²) in [4.78, 5) is 4.26. The topological polar surface area (TPSA) is 74.8 Å². The number of β-amino-alcohol motifs (C(OH)–C–C–N with tert-alkyl or cyclic N) is 1. The van der Waals surface area contributed by atoms with Crippen LogP contribution in [0.5, 0.6) is 0 Å². The summed E-state index contributed by atoms with van der Waals surface area (Å²) in [5, 5.41) is 16.5. The summed E-state index contributed by atoms with van der Waals surface area (Å²) < 4.78 is 31.4. The highest BCUT2D eigenvalue weighted by Crippen LogP contribution is 1.98. The molecule has 2 saturated heterocycles. The van der Waals surface area contributed by atoms with Crippen LogP contribution < -0.4 is 21.2 Å². The molecule has 0 spiro atoms. The Labute approximate surface area is 140 Å². The van der Waals surface area contributed by atoms with Gasteiger partial charge in [0.2, 0.25) is 0 Å². The normalized spacial score (nSPS) is 31.0. The maximum absolute atomic E-state index is 10.6. The van der Waals surface area contributed by atoms with E-state index in [9.17, 15) is 5.11 Å². The van der Waals surface area contributed by atoms with E-state index in [2.05, 4.69) is 9.80 Å². The second-order valence-electron chi connectivity index (χ2n) is 5.94. The first-order valence-corrected chi connectivity index (χ1v) is 8.50. The van der Waals surface area contributed by atoms with E-state index < -0.39 is 6.10 Å². The van der Waals surface area contributed by atoms with Crippen molar-refractivity contribution in [1.29, 1.82) is 0 Å². The molecule has 0 bridgehead atoms. The van der Waals surface area contributed by atoms with Gasteiger partial charge < -0.3 is 26.3 Å². The number of nitrogens with zero attached hydrogens (tertiary/aromatic N) is 2. The zero-order chi connectivity index (χ0) is 18.9. The van der Waals surface area contributed by atoms with Crippen molar-refractivity contribution in [2.24, 2.45) is 0 Å². The molecule has 22 heavy (non-hydrogen) atoms. The molecule has 0 aliphatic carbocycles. The Hall–Kier alpha value is -0.280. The lowest BCUT2D eigenvalue weighted by molar-refractivity contribution is 0.0758. The molecule has 5 N–H and O–H groups in total. The van der Waals surface area contributed by atoms with Gasteiger partial charge >= 0.3 is 0 Å². The Morgan fingerprint density at radius 1 is 0.682 bits per heavy atom. The lowest BCUT2D eigenvalue weighted by Gasteiger charge is -2.29. The van der Waals surface area contributed by atoms with Crippen LogP contribution in [0.4, 0.5) is 0 Å². The predicted octanol–water partition coefficient (Wildman–Crippen LogP) is -2.66. The van der Waals surface area contributed by atoms with Crippen LogP contribution in [0.2, 0.25) is 5.65 Å². The van der Waals surface area contributed by atoms with E-state index in [-0.39, 0.29) is 0 Å². The average Bonchev–Trinajstić information content (AvgIpc) is 2.73. The lowest BCUT2D eigenvalue weighted by Crippen LogP contribution is -2.45. The van der Waals surface area contributed by atoms with E-state index in [4.69, 9.17) is 5.65 Å². The third-order valence-corrected chi connectivity index (χ3v) is 4.07. The molecule has 2 rings (SSSR count). The van der Waals surface area contributed by atoms with Crippen molar-refractivity contribution in [3.63, 3.8) is 0 Å². The molecule has 7 nitrogen and oxygen atoms in total. The molecule has 0 unspecified atom stereocenters. The van der Waals surface area contributed by atoms with Gasteiger partial charge in [-0.1, -0.05) is 0 Å². The van der Waals surface area contributed by atoms with Gasteiger partial charge in [0.1, 0.15) is 5.65 Å². The van der Waals surface area contributed by atoms with E-state index in [1.165, 1.54) is 21.2 Å². The van der Waals surface area contributed by atoms with E-state index in [0.29, 0.717) is 65.4 Å². The molecular formula is C15H34N6O. The van der Waals surface area contributed by atoms with Crippen LogP contribution in [0.15, 0.2) is 0 Å². The molecule has 0 saturated carbocycles. The van der Waals surface area contributed by atoms with Gasteiger partial charge in [0.25, 0.3) is 0 Å². The molecule has 0 aromatic rings. The number of aliphatic hydroxyl groups is 1. The molecule has 0 amide bonds. The first-order valence-electron chi connectivity index (χ1n) is 10.3. The maximum atomic E-state index is 10.6. The highest BCUT2D eigenvalue weighted by molar-refractivity contribution is 4.74. The van der Waals surface area contributed by atoms with Crippen molar-refractivity contribution in [3.05, 3.63) is 0 Å². The molecule has 2 fully saturated rings. The maximum Gasteiger partial charge on any atom is 0.122 e. The van der Waals surface area contributed by atoms with Crippen molar-refractivity contribution in [3.8, 4) is 0 Å². The predicted molar refractivity (Wildman–Crippen MR) is 90.4 cm³/mol. The fourth-order valence-corrected chi connectivity index (χ4v) is 2.82. The summed E-state index contributed by atoms with van der Waals surface area (Å²) in [6.07, 6.45) is -0.520. The first kappa shape index (κ1) is 13.1. The van der Waals surface area contributed by atoms with Crippen molar-refractivity contribution in [1.82, 2.24) is 31.0 Å². The molecule has 0 aromatic carbocycles. The largest absolute Gasteiger partial charge is 0.390 e. The molecular weight excluding hydrogens is 280 g/mol. The van der Waals surface area contributed by atoms with Gasteiger partial charge in [-0.2, -0.15) is 0 Å². The van der Waals surface area contributed by atoms with Crippen LogP contribution in [0.1, 0.15) is 0 Å². The van der Waals surface area contributed by atoms with Crippen molar-refractivity contribution >= 4 is 0 Å². The molecule has 2 aliphatic rings. The van der Waals surface area contributed by atoms with Crippen LogP contribution >= 0.6 is 0 Å². The summed E-state index contributed by atoms with van der Waals surface area (Å²) in [6, 6.07) is 0. The summed E-state index contributed by atoms with van der Waals surface area (Å²) >= 11 is 0. The fraction of sp³-hybridized carbons (Fsp3) is 1.00. The Morgan fingerprint density at radius 2 is 1.00 bits per heavy atom. The van der Waals surface area contributed by atoms with Gasteiger partial charge in [0, 0.05) is 91.6 Å². The van der Waals surface area contributed by atoms with Gasteiger partial charge in [-0.3, -0.25) is 9.80 Å². The molecule has 0 radical (unpaired) electrons. The number of hydrogen-bond donors (Lipinski definition) is 5. The van der Waals surface area contributed by atoms with Crippen LogP contribution in [-0.2, 0) is 0 Å². The average molecular weight is 319 g/mol. The molecule has 2 aliphatic heterocycles. The van der Waals surface area contributed by atoms with E-state index in [1.807, 2.05) is 0 Å². The molecule has 0 atom stereocenters. The Morgan fingerprint density at radius 3 is 1.32 bits per heavy atom. The third kappa shape index (κ3) is 7.82. The van der Waals surface area contributed by atoms with Gasteiger partial charge in [-0.25, -0.2) is 0 Å². The second-order valence-corrected chi connectivity index (χ2v) is 5.94. The van der Waals surface area contributed by atoms with Gasteiger partial charge in [-0.05, 0) is 0 Å². The summed E-state index contributed by atoms with van der Waals surface area (Å²) in [5.41, 5.74) is 0. The van der Waals surface area contributed by atoms with E-state index >= 15 is 0 Å².